The molecule has 0 aliphatic rings. The van der Waals surface area contributed by atoms with Gasteiger partial charge in [0.25, 0.3) is 0 Å². The zero-order valence-electron chi connectivity index (χ0n) is 18.4. The summed E-state index contributed by atoms with van der Waals surface area (Å²) in [6.07, 6.45) is -0.261. The van der Waals surface area contributed by atoms with Crippen molar-refractivity contribution in [3.63, 3.8) is 0 Å². The van der Waals surface area contributed by atoms with Gasteiger partial charge in [0.15, 0.2) is 5.92 Å². The summed E-state index contributed by atoms with van der Waals surface area (Å²) in [5.74, 6) is -6.48. The van der Waals surface area contributed by atoms with E-state index in [1.54, 1.807) is 32.0 Å². The van der Waals surface area contributed by atoms with Crippen LogP contribution in [0.4, 0.5) is 0 Å². The molecule has 0 heterocycles. The lowest BCUT2D eigenvalue weighted by Crippen LogP contribution is -2.26. The van der Waals surface area contributed by atoms with Crippen LogP contribution in [0.5, 0.6) is 0 Å². The van der Waals surface area contributed by atoms with Crippen molar-refractivity contribution in [3.05, 3.63) is 69.8 Å². The van der Waals surface area contributed by atoms with Crippen LogP contribution in [0.25, 0.3) is 0 Å². The summed E-state index contributed by atoms with van der Waals surface area (Å²) in [5, 5.41) is 26.5. The highest BCUT2D eigenvalue weighted by molar-refractivity contribution is 6.04. The van der Waals surface area contributed by atoms with E-state index in [4.69, 9.17) is 15.3 Å². The Morgan fingerprint density at radius 3 is 1.64 bits per heavy atom. The first kappa shape index (κ1) is 26.8. The van der Waals surface area contributed by atoms with Crippen LogP contribution in [0.2, 0.25) is 0 Å². The number of aliphatic carboxylic acids is 1. The summed E-state index contributed by atoms with van der Waals surface area (Å²) >= 11 is 0. The highest BCUT2D eigenvalue weighted by Gasteiger charge is 2.34. The van der Waals surface area contributed by atoms with Gasteiger partial charge in [0, 0.05) is 0 Å². The molecule has 0 aromatic heterocycles. The van der Waals surface area contributed by atoms with E-state index in [0.29, 0.717) is 5.56 Å². The maximum atomic E-state index is 11.7. The first-order valence-corrected chi connectivity index (χ1v) is 9.47. The topological polar surface area (TPSA) is 165 Å². The van der Waals surface area contributed by atoms with Gasteiger partial charge in [-0.25, -0.2) is 9.59 Å². The molecule has 176 valence electrons. The Balaban J connectivity index is 0.000000346. The number of rotatable bonds is 7. The minimum absolute atomic E-state index is 0.0537. The highest BCUT2D eigenvalue weighted by atomic mass is 16.5. The smallest absolute Gasteiger partial charge is 0.336 e. The Morgan fingerprint density at radius 2 is 1.21 bits per heavy atom. The molecule has 0 spiro atoms. The van der Waals surface area contributed by atoms with Gasteiger partial charge in [-0.15, -0.1) is 0 Å². The molecule has 2 rings (SSSR count). The van der Waals surface area contributed by atoms with Crippen molar-refractivity contribution in [2.24, 2.45) is 0 Å². The molecule has 0 radical (unpaired) electrons. The van der Waals surface area contributed by atoms with Crippen molar-refractivity contribution >= 4 is 29.8 Å². The number of carbonyl (C=O) groups is 5. The Bertz CT molecular complexity index is 1050. The number of aryl methyl sites for hydroxylation is 2. The molecule has 3 N–H and O–H groups in total. The van der Waals surface area contributed by atoms with Crippen molar-refractivity contribution < 1.29 is 48.8 Å². The summed E-state index contributed by atoms with van der Waals surface area (Å²) in [6.45, 7) is 3.51. The lowest BCUT2D eigenvalue weighted by Gasteiger charge is -2.15. The number of carboxylic acid groups (broad SMARTS) is 3. The van der Waals surface area contributed by atoms with Gasteiger partial charge in [-0.05, 0) is 37.1 Å². The van der Waals surface area contributed by atoms with E-state index in [2.05, 4.69) is 9.47 Å². The fourth-order valence-electron chi connectivity index (χ4n) is 2.94. The molecular formula is C23H24O10. The zero-order chi connectivity index (χ0) is 25.3. The third-order valence-electron chi connectivity index (χ3n) is 4.46. The van der Waals surface area contributed by atoms with Crippen LogP contribution in [0, 0.1) is 13.8 Å². The highest BCUT2D eigenvalue weighted by Crippen LogP contribution is 2.24. The molecule has 0 aliphatic carbocycles. The monoisotopic (exact) mass is 460 g/mol. The van der Waals surface area contributed by atoms with Crippen molar-refractivity contribution in [2.45, 2.75) is 26.2 Å². The number of benzene rings is 2. The second-order valence-corrected chi connectivity index (χ2v) is 6.91. The van der Waals surface area contributed by atoms with Crippen molar-refractivity contribution in [3.8, 4) is 0 Å². The lowest BCUT2D eigenvalue weighted by atomic mass is 9.92. The summed E-state index contributed by atoms with van der Waals surface area (Å²) in [4.78, 5) is 55.7. The normalized spacial score (nSPS) is 9.97. The molecule has 0 aliphatic heterocycles. The van der Waals surface area contributed by atoms with Crippen LogP contribution in [-0.4, -0.2) is 59.4 Å². The van der Waals surface area contributed by atoms with Gasteiger partial charge < -0.3 is 24.8 Å². The van der Waals surface area contributed by atoms with Crippen molar-refractivity contribution in [1.29, 1.82) is 0 Å². The molecule has 10 heteroatoms. The van der Waals surface area contributed by atoms with Gasteiger partial charge in [0.2, 0.25) is 0 Å². The molecule has 0 amide bonds. The number of aromatic carboxylic acids is 2. The first-order chi connectivity index (χ1) is 15.4. The Labute approximate surface area is 189 Å². The molecule has 2 aromatic carbocycles. The zero-order valence-corrected chi connectivity index (χ0v) is 18.4. The molecule has 0 saturated heterocycles. The third kappa shape index (κ3) is 7.46. The van der Waals surface area contributed by atoms with Crippen LogP contribution >= 0.6 is 0 Å². The predicted molar refractivity (Wildman–Crippen MR) is 114 cm³/mol. The Kier molecular flexibility index (Phi) is 9.74. The first-order valence-electron chi connectivity index (χ1n) is 9.47. The number of hydrogen-bond donors (Lipinski definition) is 3. The SMILES string of the molecule is COC(=O)C(C(=O)OC)c1cc(C)ccc1C(=O)O.Cc1ccc(C(=O)O)c(CC(=O)O)c1. The molecule has 0 unspecified atom stereocenters. The van der Waals surface area contributed by atoms with Crippen LogP contribution in [-0.2, 0) is 30.3 Å². The van der Waals surface area contributed by atoms with Gasteiger partial charge in [0.1, 0.15) is 0 Å². The number of methoxy groups -OCH3 is 2. The summed E-state index contributed by atoms with van der Waals surface area (Å²) < 4.78 is 9.06. The Morgan fingerprint density at radius 1 is 0.758 bits per heavy atom. The van der Waals surface area contributed by atoms with E-state index < -0.39 is 35.8 Å². The summed E-state index contributed by atoms with van der Waals surface area (Å²) in [7, 11) is 2.24. The average molecular weight is 460 g/mol. The second-order valence-electron chi connectivity index (χ2n) is 6.91. The fourth-order valence-corrected chi connectivity index (χ4v) is 2.94. The number of carboxylic acids is 3. The van der Waals surface area contributed by atoms with Crippen LogP contribution in [0.15, 0.2) is 36.4 Å². The molecule has 0 saturated carbocycles. The van der Waals surface area contributed by atoms with Gasteiger partial charge >= 0.3 is 29.8 Å². The van der Waals surface area contributed by atoms with E-state index >= 15 is 0 Å². The predicted octanol–water partition coefficient (Wildman–Crippen LogP) is 2.44. The van der Waals surface area contributed by atoms with Gasteiger partial charge in [-0.1, -0.05) is 35.4 Å². The number of carbonyl (C=O) groups excluding carboxylic acids is 2. The Hall–Kier alpha value is -4.21. The standard InChI is InChI=1S/C13H14O6.C10H10O4/c1-7-4-5-8(11(14)15)9(6-7)10(12(16)18-2)13(17)19-3;1-6-2-3-8(10(13)14)7(4-6)5-9(11)12/h4-6,10H,1-3H3,(H,14,15);2-4H,5H2,1H3,(H,11,12)(H,13,14). The van der Waals surface area contributed by atoms with E-state index in [-0.39, 0.29) is 23.1 Å². The third-order valence-corrected chi connectivity index (χ3v) is 4.46. The summed E-state index contributed by atoms with van der Waals surface area (Å²) in [5.41, 5.74) is 1.89. The quantitative estimate of drug-likeness (QED) is 0.413. The molecule has 10 nitrogen and oxygen atoms in total. The molecule has 0 bridgehead atoms. The molecule has 0 fully saturated rings. The largest absolute Gasteiger partial charge is 0.481 e. The van der Waals surface area contributed by atoms with E-state index in [9.17, 15) is 24.0 Å². The summed E-state index contributed by atoms with van der Waals surface area (Å²) in [6, 6.07) is 9.04. The van der Waals surface area contributed by atoms with E-state index in [0.717, 1.165) is 25.3 Å². The van der Waals surface area contributed by atoms with E-state index in [1.165, 1.54) is 18.2 Å². The molecule has 2 aromatic rings. The number of ether oxygens (including phenoxy) is 2. The van der Waals surface area contributed by atoms with Crippen LogP contribution in [0.3, 0.4) is 0 Å². The van der Waals surface area contributed by atoms with Crippen LogP contribution < -0.4 is 0 Å². The number of esters is 2. The van der Waals surface area contributed by atoms with Gasteiger partial charge in [-0.3, -0.25) is 14.4 Å². The maximum Gasteiger partial charge on any atom is 0.336 e. The van der Waals surface area contributed by atoms with Crippen molar-refractivity contribution in [2.75, 3.05) is 14.2 Å². The minimum Gasteiger partial charge on any atom is -0.481 e. The fraction of sp³-hybridized carbons (Fsp3) is 0.261. The van der Waals surface area contributed by atoms with Crippen LogP contribution in [0.1, 0.15) is 48.9 Å². The molecule has 0 atom stereocenters. The minimum atomic E-state index is -1.40. The average Bonchev–Trinajstić information content (AvgIpc) is 2.73. The lowest BCUT2D eigenvalue weighted by molar-refractivity contribution is -0.154. The second kappa shape index (κ2) is 12.0. The maximum absolute atomic E-state index is 11.7. The molecule has 33 heavy (non-hydrogen) atoms. The van der Waals surface area contributed by atoms with Gasteiger partial charge in [0.05, 0.1) is 31.8 Å². The molecular weight excluding hydrogens is 436 g/mol. The number of hydrogen-bond acceptors (Lipinski definition) is 7. The van der Waals surface area contributed by atoms with Gasteiger partial charge in [-0.2, -0.15) is 0 Å². The van der Waals surface area contributed by atoms with E-state index in [1.807, 2.05) is 0 Å². The van der Waals surface area contributed by atoms with Crippen molar-refractivity contribution in [1.82, 2.24) is 0 Å².